The third-order valence-electron chi connectivity index (χ3n) is 5.55. The largest absolute Gasteiger partial charge is 0.493 e. The van der Waals surface area contributed by atoms with Crippen LogP contribution in [0.15, 0.2) is 46.9 Å². The Morgan fingerprint density at radius 1 is 0.931 bits per heavy atom. The van der Waals surface area contributed by atoms with Gasteiger partial charge in [0.15, 0.2) is 0 Å². The molecule has 0 N–H and O–H groups in total. The minimum Gasteiger partial charge on any atom is -0.493 e. The van der Waals surface area contributed by atoms with Crippen LogP contribution in [-0.4, -0.2) is 52.8 Å². The zero-order valence-corrected chi connectivity index (χ0v) is 16.9. The van der Waals surface area contributed by atoms with Crippen molar-refractivity contribution >= 4 is 11.6 Å². The maximum atomic E-state index is 6.22. The topological polar surface area (TPSA) is 54.6 Å². The summed E-state index contributed by atoms with van der Waals surface area (Å²) in [6.45, 7) is 6.49. The highest BCUT2D eigenvalue weighted by molar-refractivity contribution is 6.33. The van der Waals surface area contributed by atoms with Gasteiger partial charge in [-0.05, 0) is 29.3 Å². The fourth-order valence-corrected chi connectivity index (χ4v) is 4.17. The highest BCUT2D eigenvalue weighted by atomic mass is 35.5. The lowest BCUT2D eigenvalue weighted by Gasteiger charge is -2.34. The fourth-order valence-electron chi connectivity index (χ4n) is 3.95. The molecule has 5 rings (SSSR count). The molecule has 0 atom stereocenters. The van der Waals surface area contributed by atoms with Gasteiger partial charge in [-0.1, -0.05) is 35.9 Å². The van der Waals surface area contributed by atoms with Gasteiger partial charge in [-0.25, -0.2) is 0 Å². The minimum atomic E-state index is 0.477. The van der Waals surface area contributed by atoms with Gasteiger partial charge in [0.25, 0.3) is 0 Å². The number of piperazine rings is 1. The first-order chi connectivity index (χ1) is 14.2. The first kappa shape index (κ1) is 18.6. The Labute approximate surface area is 175 Å². The maximum absolute atomic E-state index is 6.22. The molecule has 7 heteroatoms. The molecule has 0 radical (unpaired) electrons. The van der Waals surface area contributed by atoms with E-state index in [0.717, 1.165) is 57.1 Å². The predicted octanol–water partition coefficient (Wildman–Crippen LogP) is 3.64. The molecule has 2 aliphatic heterocycles. The van der Waals surface area contributed by atoms with E-state index in [1.54, 1.807) is 0 Å². The highest BCUT2D eigenvalue weighted by Gasteiger charge is 2.21. The van der Waals surface area contributed by atoms with Crippen LogP contribution in [0.1, 0.15) is 17.0 Å². The zero-order chi connectivity index (χ0) is 19.6. The number of hydrogen-bond donors (Lipinski definition) is 0. The second kappa shape index (κ2) is 8.14. The molecule has 1 fully saturated rings. The molecule has 3 heterocycles. The molecular formula is C22H23ClN4O2. The molecule has 0 aliphatic carbocycles. The Morgan fingerprint density at radius 3 is 2.55 bits per heavy atom. The smallest absolute Gasteiger partial charge is 0.249 e. The molecule has 0 amide bonds. The highest BCUT2D eigenvalue weighted by Crippen LogP contribution is 2.27. The van der Waals surface area contributed by atoms with Gasteiger partial charge in [-0.15, -0.1) is 10.2 Å². The van der Waals surface area contributed by atoms with Crippen LogP contribution in [0.5, 0.6) is 5.75 Å². The van der Waals surface area contributed by atoms with Gasteiger partial charge >= 0.3 is 0 Å². The molecule has 0 unspecified atom stereocenters. The van der Waals surface area contributed by atoms with Crippen molar-refractivity contribution < 1.29 is 9.15 Å². The van der Waals surface area contributed by atoms with E-state index in [0.29, 0.717) is 23.3 Å². The SMILES string of the molecule is Clc1ccccc1-c1nnc(CN2CCN(Cc3ccc4c(c3)CCO4)CC2)o1. The van der Waals surface area contributed by atoms with Gasteiger partial charge < -0.3 is 9.15 Å². The first-order valence-electron chi connectivity index (χ1n) is 10.0. The second-order valence-corrected chi connectivity index (χ2v) is 7.98. The summed E-state index contributed by atoms with van der Waals surface area (Å²) >= 11 is 6.22. The van der Waals surface area contributed by atoms with Crippen LogP contribution in [0, 0.1) is 0 Å². The van der Waals surface area contributed by atoms with Gasteiger partial charge in [0.1, 0.15) is 5.75 Å². The summed E-state index contributed by atoms with van der Waals surface area (Å²) < 4.78 is 11.4. The van der Waals surface area contributed by atoms with E-state index in [2.05, 4.69) is 38.2 Å². The van der Waals surface area contributed by atoms with Crippen LogP contribution in [-0.2, 0) is 19.5 Å². The van der Waals surface area contributed by atoms with Crippen molar-refractivity contribution in [2.45, 2.75) is 19.5 Å². The summed E-state index contributed by atoms with van der Waals surface area (Å²) in [4.78, 5) is 4.86. The normalized spacial score (nSPS) is 17.3. The molecule has 29 heavy (non-hydrogen) atoms. The van der Waals surface area contributed by atoms with Crippen molar-refractivity contribution in [3.63, 3.8) is 0 Å². The van der Waals surface area contributed by atoms with Crippen LogP contribution in [0.4, 0.5) is 0 Å². The molecule has 0 spiro atoms. The number of fused-ring (bicyclic) bond motifs is 1. The Kier molecular flexibility index (Phi) is 5.23. The third-order valence-corrected chi connectivity index (χ3v) is 5.88. The lowest BCUT2D eigenvalue weighted by molar-refractivity contribution is 0.114. The minimum absolute atomic E-state index is 0.477. The monoisotopic (exact) mass is 410 g/mol. The number of nitrogens with zero attached hydrogens (tertiary/aromatic N) is 4. The Hall–Kier alpha value is -2.41. The van der Waals surface area contributed by atoms with Gasteiger partial charge in [-0.2, -0.15) is 0 Å². The lowest BCUT2D eigenvalue weighted by atomic mass is 10.1. The fraction of sp³-hybridized carbons (Fsp3) is 0.364. The number of benzene rings is 2. The summed E-state index contributed by atoms with van der Waals surface area (Å²) in [5.41, 5.74) is 3.48. The van der Waals surface area contributed by atoms with Crippen LogP contribution >= 0.6 is 11.6 Å². The Morgan fingerprint density at radius 2 is 1.72 bits per heavy atom. The number of hydrogen-bond acceptors (Lipinski definition) is 6. The van der Waals surface area contributed by atoms with Crippen molar-refractivity contribution in [1.29, 1.82) is 0 Å². The van der Waals surface area contributed by atoms with E-state index < -0.39 is 0 Å². The van der Waals surface area contributed by atoms with Crippen LogP contribution < -0.4 is 4.74 Å². The van der Waals surface area contributed by atoms with E-state index >= 15 is 0 Å². The van der Waals surface area contributed by atoms with Crippen molar-refractivity contribution in [2.75, 3.05) is 32.8 Å². The first-order valence-corrected chi connectivity index (χ1v) is 10.4. The molecule has 0 saturated carbocycles. The Bertz CT molecular complexity index is 998. The summed E-state index contributed by atoms with van der Waals surface area (Å²) in [6, 6.07) is 14.1. The summed E-state index contributed by atoms with van der Waals surface area (Å²) in [5.74, 6) is 2.16. The van der Waals surface area contributed by atoms with Crippen molar-refractivity contribution in [1.82, 2.24) is 20.0 Å². The zero-order valence-electron chi connectivity index (χ0n) is 16.2. The van der Waals surface area contributed by atoms with Gasteiger partial charge in [0.2, 0.25) is 11.8 Å². The van der Waals surface area contributed by atoms with Gasteiger partial charge in [-0.3, -0.25) is 9.80 Å². The molecule has 150 valence electrons. The average Bonchev–Trinajstić information content (AvgIpc) is 3.39. The van der Waals surface area contributed by atoms with E-state index in [1.807, 2.05) is 24.3 Å². The number of rotatable bonds is 5. The molecule has 3 aromatic rings. The predicted molar refractivity (Wildman–Crippen MR) is 111 cm³/mol. The molecule has 2 aromatic carbocycles. The maximum Gasteiger partial charge on any atom is 0.249 e. The summed E-state index contributed by atoms with van der Waals surface area (Å²) in [7, 11) is 0. The standard InChI is InChI=1S/C22H23ClN4O2/c23-19-4-2-1-3-18(19)22-25-24-21(29-22)15-27-10-8-26(9-11-27)14-16-5-6-20-17(13-16)7-12-28-20/h1-6,13H,7-12,14-15H2. The van der Waals surface area contributed by atoms with E-state index in [-0.39, 0.29) is 0 Å². The quantitative estimate of drug-likeness (QED) is 0.640. The molecule has 1 aromatic heterocycles. The second-order valence-electron chi connectivity index (χ2n) is 7.57. The molecule has 1 saturated heterocycles. The van der Waals surface area contributed by atoms with Crippen molar-refractivity contribution in [3.05, 3.63) is 64.5 Å². The number of ether oxygens (including phenoxy) is 1. The van der Waals surface area contributed by atoms with Crippen LogP contribution in [0.3, 0.4) is 0 Å². The van der Waals surface area contributed by atoms with Gasteiger partial charge in [0, 0.05) is 39.1 Å². The molecule has 0 bridgehead atoms. The van der Waals surface area contributed by atoms with E-state index in [9.17, 15) is 0 Å². The molecular weight excluding hydrogens is 388 g/mol. The summed E-state index contributed by atoms with van der Waals surface area (Å²) in [6.07, 6.45) is 1.03. The van der Waals surface area contributed by atoms with E-state index in [4.69, 9.17) is 20.8 Å². The Balaban J connectivity index is 1.15. The summed E-state index contributed by atoms with van der Waals surface area (Å²) in [5, 5.41) is 8.99. The molecule has 6 nitrogen and oxygen atoms in total. The third kappa shape index (κ3) is 4.15. The van der Waals surface area contributed by atoms with Crippen LogP contribution in [0.2, 0.25) is 5.02 Å². The van der Waals surface area contributed by atoms with Crippen LogP contribution in [0.25, 0.3) is 11.5 Å². The van der Waals surface area contributed by atoms with Crippen molar-refractivity contribution in [2.24, 2.45) is 0 Å². The lowest BCUT2D eigenvalue weighted by Crippen LogP contribution is -2.45. The molecule has 2 aliphatic rings. The van der Waals surface area contributed by atoms with Gasteiger partial charge in [0.05, 0.1) is 23.7 Å². The number of halogens is 1. The van der Waals surface area contributed by atoms with Crippen molar-refractivity contribution in [3.8, 4) is 17.2 Å². The number of aromatic nitrogens is 2. The van der Waals surface area contributed by atoms with E-state index in [1.165, 1.54) is 11.1 Å². The average molecular weight is 411 g/mol.